The number of hydrogen-bond donors (Lipinski definition) is 2. The highest BCUT2D eigenvalue weighted by atomic mass is 31.2. The summed E-state index contributed by atoms with van der Waals surface area (Å²) in [5.41, 5.74) is 0. The predicted octanol–water partition coefficient (Wildman–Crippen LogP) is 24.2. The minimum absolute atomic E-state index is 0.0433. The molecule has 0 aliphatic carbocycles. The first-order chi connectivity index (χ1) is 41.9. The minimum atomic E-state index is -4.45. The van der Waals surface area contributed by atoms with Gasteiger partial charge >= 0.3 is 13.8 Å². The van der Waals surface area contributed by atoms with Gasteiger partial charge < -0.3 is 19.4 Å². The standard InChI is InChI=1S/C76H147N2O7P/c1-7-10-13-16-19-22-25-28-30-32-34-36-38-39-41-43-45-47-49-51-54-57-60-63-66-69-76(80)85-74(67-64-61-58-55-52-27-24-21-18-15-12-9-3)73(72-84-86(81,82)83-71-70-78(4,5)6)77-75(79)68-65-62-59-56-53-50-48-46-44-42-40-37-35-33-31-29-26-23-20-17-14-11-8-2/h20,23,29,31,64,67,73-74H,7-19,21-22,24-28,30,32-63,65-66,68-72H2,1-6H3,(H-,77,79,81,82)/p+1/b23-20-,31-29-,67-64+. The summed E-state index contributed by atoms with van der Waals surface area (Å²) in [6.45, 7) is 7.06. The average molecular weight is 1230 g/mol. The maximum atomic E-state index is 13.6. The van der Waals surface area contributed by atoms with Gasteiger partial charge in [0.2, 0.25) is 5.91 Å². The lowest BCUT2D eigenvalue weighted by molar-refractivity contribution is -0.870. The van der Waals surface area contributed by atoms with Gasteiger partial charge in [-0.1, -0.05) is 347 Å². The van der Waals surface area contributed by atoms with Crippen LogP contribution >= 0.6 is 7.82 Å². The Morgan fingerprint density at radius 2 is 0.709 bits per heavy atom. The highest BCUT2D eigenvalue weighted by molar-refractivity contribution is 7.47. The predicted molar refractivity (Wildman–Crippen MR) is 374 cm³/mol. The molecule has 0 heterocycles. The zero-order chi connectivity index (χ0) is 62.8. The van der Waals surface area contributed by atoms with E-state index in [0.717, 1.165) is 64.2 Å². The SMILES string of the molecule is CCCCC/C=C\C/C=C\CCCCCCCCCCCCCCCC(=O)NC(COP(=O)(O)OCC[N+](C)(C)C)C(/C=C/CCCCCCCCCCCC)OC(=O)CCCCCCCCCCCCCCCCCCCCCCCCCCC. The zero-order valence-electron chi connectivity index (χ0n) is 58.3. The fourth-order valence-electron chi connectivity index (χ4n) is 11.5. The van der Waals surface area contributed by atoms with Crippen molar-refractivity contribution in [1.29, 1.82) is 0 Å². The number of carbonyl (C=O) groups excluding carboxylic acids is 2. The molecule has 0 radical (unpaired) electrons. The third kappa shape index (κ3) is 66.6. The number of hydrogen-bond acceptors (Lipinski definition) is 6. The molecular weight excluding hydrogens is 1080 g/mol. The summed E-state index contributed by atoms with van der Waals surface area (Å²) in [7, 11) is 1.52. The molecule has 2 N–H and O–H groups in total. The van der Waals surface area contributed by atoms with E-state index >= 15 is 0 Å². The molecule has 0 saturated carbocycles. The van der Waals surface area contributed by atoms with Crippen LogP contribution in [0, 0.1) is 0 Å². The van der Waals surface area contributed by atoms with Gasteiger partial charge in [0.15, 0.2) is 0 Å². The molecule has 3 unspecified atom stereocenters. The van der Waals surface area contributed by atoms with E-state index in [1.807, 2.05) is 27.2 Å². The van der Waals surface area contributed by atoms with Crippen LogP contribution in [0.2, 0.25) is 0 Å². The van der Waals surface area contributed by atoms with Gasteiger partial charge in [0.05, 0.1) is 33.8 Å². The molecule has 86 heavy (non-hydrogen) atoms. The molecule has 0 fully saturated rings. The summed E-state index contributed by atoms with van der Waals surface area (Å²) in [5.74, 6) is -0.483. The topological polar surface area (TPSA) is 111 Å². The molecule has 10 heteroatoms. The summed E-state index contributed by atoms with van der Waals surface area (Å²) in [6.07, 6.45) is 83.1. The van der Waals surface area contributed by atoms with E-state index in [-0.39, 0.29) is 25.1 Å². The highest BCUT2D eigenvalue weighted by Crippen LogP contribution is 2.43. The van der Waals surface area contributed by atoms with Crippen molar-refractivity contribution in [2.45, 2.75) is 399 Å². The summed E-state index contributed by atoms with van der Waals surface area (Å²) in [6, 6.07) is -0.846. The maximum absolute atomic E-state index is 13.6. The second-order valence-corrected chi connectivity index (χ2v) is 28.6. The van der Waals surface area contributed by atoms with Crippen LogP contribution in [-0.2, 0) is 27.9 Å². The number of quaternary nitrogens is 1. The molecule has 1 amide bonds. The van der Waals surface area contributed by atoms with E-state index in [4.69, 9.17) is 13.8 Å². The molecule has 0 saturated heterocycles. The van der Waals surface area contributed by atoms with Gasteiger partial charge in [-0.25, -0.2) is 4.57 Å². The Labute approximate surface area is 536 Å². The first-order valence-corrected chi connectivity index (χ1v) is 39.3. The second kappa shape index (κ2) is 66.2. The molecule has 0 aromatic heterocycles. The molecule has 0 aliphatic rings. The Balaban J connectivity index is 4.96. The average Bonchev–Trinajstić information content (AvgIpc) is 3.66. The van der Waals surface area contributed by atoms with Crippen LogP contribution < -0.4 is 5.32 Å². The number of unbranched alkanes of at least 4 members (excludes halogenated alkanes) is 50. The smallest absolute Gasteiger partial charge is 0.456 e. The van der Waals surface area contributed by atoms with Gasteiger partial charge in [0.1, 0.15) is 19.3 Å². The number of allylic oxidation sites excluding steroid dienone is 5. The summed E-state index contributed by atoms with van der Waals surface area (Å²) < 4.78 is 30.9. The number of amides is 1. The number of esters is 1. The number of nitrogens with zero attached hydrogens (tertiary/aromatic N) is 1. The quantitative estimate of drug-likeness (QED) is 0.0205. The number of ether oxygens (including phenoxy) is 1. The van der Waals surface area contributed by atoms with Crippen LogP contribution in [0.25, 0.3) is 0 Å². The van der Waals surface area contributed by atoms with Crippen LogP contribution in [0.1, 0.15) is 387 Å². The third-order valence-electron chi connectivity index (χ3n) is 17.3. The molecule has 0 aliphatic heterocycles. The number of phosphoric acid groups is 1. The van der Waals surface area contributed by atoms with E-state index < -0.39 is 20.0 Å². The van der Waals surface area contributed by atoms with Gasteiger partial charge in [-0.05, 0) is 63.9 Å². The number of rotatable bonds is 70. The lowest BCUT2D eigenvalue weighted by Crippen LogP contribution is -2.47. The molecule has 0 aromatic rings. The van der Waals surface area contributed by atoms with Crippen molar-refractivity contribution in [2.24, 2.45) is 0 Å². The fraction of sp³-hybridized carbons (Fsp3) is 0.895. The molecular formula is C76H148N2O7P+. The van der Waals surface area contributed by atoms with Crippen molar-refractivity contribution in [1.82, 2.24) is 5.32 Å². The molecule has 9 nitrogen and oxygen atoms in total. The van der Waals surface area contributed by atoms with Gasteiger partial charge in [-0.15, -0.1) is 0 Å². The molecule has 3 atom stereocenters. The van der Waals surface area contributed by atoms with Crippen molar-refractivity contribution in [3.05, 3.63) is 36.5 Å². The number of likely N-dealkylation sites (N-methyl/N-ethyl adjacent to an activating group) is 1. The number of carbonyl (C=O) groups is 2. The molecule has 0 rings (SSSR count). The van der Waals surface area contributed by atoms with Gasteiger partial charge in [0.25, 0.3) is 0 Å². The molecule has 0 aromatic carbocycles. The van der Waals surface area contributed by atoms with Crippen LogP contribution in [0.15, 0.2) is 36.5 Å². The van der Waals surface area contributed by atoms with Crippen molar-refractivity contribution >= 4 is 19.7 Å². The van der Waals surface area contributed by atoms with E-state index in [1.54, 1.807) is 0 Å². The van der Waals surface area contributed by atoms with Crippen LogP contribution in [0.4, 0.5) is 0 Å². The van der Waals surface area contributed by atoms with E-state index in [9.17, 15) is 19.0 Å². The monoisotopic (exact) mass is 1230 g/mol. The number of phosphoric ester groups is 1. The zero-order valence-corrected chi connectivity index (χ0v) is 59.2. The minimum Gasteiger partial charge on any atom is -0.456 e. The second-order valence-electron chi connectivity index (χ2n) is 27.2. The first kappa shape index (κ1) is 84.2. The van der Waals surface area contributed by atoms with Crippen LogP contribution in [0.5, 0.6) is 0 Å². The third-order valence-corrected chi connectivity index (χ3v) is 18.3. The van der Waals surface area contributed by atoms with E-state index in [0.29, 0.717) is 23.9 Å². The van der Waals surface area contributed by atoms with E-state index in [2.05, 4.69) is 56.5 Å². The fourth-order valence-corrected chi connectivity index (χ4v) is 12.2. The van der Waals surface area contributed by atoms with E-state index in [1.165, 1.54) is 289 Å². The molecule has 508 valence electrons. The van der Waals surface area contributed by atoms with Crippen molar-refractivity contribution in [3.8, 4) is 0 Å². The summed E-state index contributed by atoms with van der Waals surface area (Å²) in [5, 5.41) is 3.08. The molecule has 0 bridgehead atoms. The van der Waals surface area contributed by atoms with Crippen LogP contribution in [0.3, 0.4) is 0 Å². The Morgan fingerprint density at radius 1 is 0.407 bits per heavy atom. The summed E-state index contributed by atoms with van der Waals surface area (Å²) >= 11 is 0. The Hall–Kier alpha value is -1.77. The molecule has 0 spiro atoms. The Kier molecular flexibility index (Phi) is 64.8. The van der Waals surface area contributed by atoms with Crippen molar-refractivity contribution in [3.63, 3.8) is 0 Å². The largest absolute Gasteiger partial charge is 0.472 e. The van der Waals surface area contributed by atoms with Gasteiger partial charge in [-0.2, -0.15) is 0 Å². The lowest BCUT2D eigenvalue weighted by Gasteiger charge is -2.27. The van der Waals surface area contributed by atoms with Gasteiger partial charge in [-0.3, -0.25) is 18.6 Å². The lowest BCUT2D eigenvalue weighted by atomic mass is 10.0. The summed E-state index contributed by atoms with van der Waals surface area (Å²) in [4.78, 5) is 38.0. The Bertz CT molecular complexity index is 1560. The van der Waals surface area contributed by atoms with Gasteiger partial charge in [0, 0.05) is 12.8 Å². The first-order valence-electron chi connectivity index (χ1n) is 37.8. The number of nitrogens with one attached hydrogen (secondary N) is 1. The van der Waals surface area contributed by atoms with Crippen LogP contribution in [-0.4, -0.2) is 74.3 Å². The Morgan fingerprint density at radius 3 is 1.07 bits per heavy atom. The highest BCUT2D eigenvalue weighted by Gasteiger charge is 2.30. The van der Waals surface area contributed by atoms with Crippen molar-refractivity contribution in [2.75, 3.05) is 40.9 Å². The van der Waals surface area contributed by atoms with Crippen molar-refractivity contribution < 1.29 is 37.3 Å². The normalized spacial score (nSPS) is 13.6. The maximum Gasteiger partial charge on any atom is 0.472 e.